The minimum absolute atomic E-state index is 0. The maximum absolute atomic E-state index is 11.3. The van der Waals surface area contributed by atoms with Crippen LogP contribution >= 0.6 is 15.9 Å². The van der Waals surface area contributed by atoms with Crippen molar-refractivity contribution >= 4 is 27.7 Å². The molecule has 50 heavy (non-hydrogen) atoms. The molecule has 4 saturated heterocycles. The molecule has 0 aromatic carbocycles. The molecule has 286 valence electrons. The fourth-order valence-corrected chi connectivity index (χ4v) is 8.93. The largest absolute Gasteiger partial charge is 0.459 e. The summed E-state index contributed by atoms with van der Waals surface area (Å²) in [7, 11) is 0. The molecule has 2 aliphatic carbocycles. The third-order valence-electron chi connectivity index (χ3n) is 10.8. The summed E-state index contributed by atoms with van der Waals surface area (Å²) in [6, 6.07) is -0.0385. The van der Waals surface area contributed by atoms with Crippen molar-refractivity contribution < 1.29 is 43.5 Å². The van der Waals surface area contributed by atoms with E-state index in [1.165, 1.54) is 6.92 Å². The van der Waals surface area contributed by atoms with Gasteiger partial charge in [-0.15, -0.1) is 0 Å². The van der Waals surface area contributed by atoms with E-state index in [1.807, 2.05) is 34.6 Å². The van der Waals surface area contributed by atoms with Crippen molar-refractivity contribution in [1.29, 1.82) is 0 Å². The third kappa shape index (κ3) is 10.3. The molecule has 14 atom stereocenters. The Morgan fingerprint density at radius 1 is 0.840 bits per heavy atom. The highest BCUT2D eigenvalue weighted by molar-refractivity contribution is 9.09. The number of esters is 1. The lowest BCUT2D eigenvalue weighted by Crippen LogP contribution is -2.54. The molecular formula is C38H63BrN2O9. The van der Waals surface area contributed by atoms with Crippen molar-refractivity contribution in [2.75, 3.05) is 0 Å². The Labute approximate surface area is 309 Å². The van der Waals surface area contributed by atoms with Crippen molar-refractivity contribution in [2.24, 2.45) is 5.41 Å². The third-order valence-corrected chi connectivity index (χ3v) is 11.7. The first-order valence-electron chi connectivity index (χ1n) is 17.5. The average molecular weight is 772 g/mol. The molecule has 4 heterocycles. The molecule has 0 aromatic rings. The van der Waals surface area contributed by atoms with Crippen molar-refractivity contribution in [2.45, 2.75) is 211 Å². The normalized spacial score (nSPS) is 40.4. The molecule has 4 aliphatic heterocycles. The zero-order chi connectivity index (χ0) is 35.6. The van der Waals surface area contributed by atoms with Crippen molar-refractivity contribution in [1.82, 2.24) is 0 Å². The number of Topliss-reactive ketones (excluding diaryl/α,β-unsaturated/α-hetero) is 1. The Bertz CT molecular complexity index is 1230. The first-order valence-corrected chi connectivity index (χ1v) is 18.4. The van der Waals surface area contributed by atoms with E-state index in [1.54, 1.807) is 6.92 Å². The van der Waals surface area contributed by atoms with Gasteiger partial charge < -0.3 is 43.6 Å². The van der Waals surface area contributed by atoms with Crippen LogP contribution in [0.2, 0.25) is 0 Å². The summed E-state index contributed by atoms with van der Waals surface area (Å²) in [5, 5.41) is 19.8. The van der Waals surface area contributed by atoms with Gasteiger partial charge in [0.1, 0.15) is 18.0 Å². The van der Waals surface area contributed by atoms with Crippen LogP contribution in [0.5, 0.6) is 0 Å². The van der Waals surface area contributed by atoms with Gasteiger partial charge in [0, 0.05) is 58.3 Å². The average Bonchev–Trinajstić information content (AvgIpc) is 3.50. The van der Waals surface area contributed by atoms with E-state index >= 15 is 0 Å². The quantitative estimate of drug-likeness (QED) is 0.180. The van der Waals surface area contributed by atoms with Crippen LogP contribution in [0.4, 0.5) is 0 Å². The van der Waals surface area contributed by atoms with Crippen LogP contribution in [-0.2, 0) is 33.3 Å². The second-order valence-electron chi connectivity index (χ2n) is 15.8. The fraction of sp³-hybridized carbons (Fsp3) is 0.895. The van der Waals surface area contributed by atoms with Crippen LogP contribution in [0.1, 0.15) is 128 Å². The molecule has 6 fully saturated rings. The molecule has 0 unspecified atom stereocenters. The number of carbonyl (C=O) groups excluding carboxylic acids is 2. The van der Waals surface area contributed by atoms with Gasteiger partial charge in [0.05, 0.1) is 58.8 Å². The molecule has 6 rings (SSSR count). The Kier molecular flexibility index (Phi) is 16.0. The summed E-state index contributed by atoms with van der Waals surface area (Å²) in [5.41, 5.74) is -0.853. The van der Waals surface area contributed by atoms with E-state index in [0.29, 0.717) is 12.8 Å². The van der Waals surface area contributed by atoms with E-state index in [-0.39, 0.29) is 97.3 Å². The van der Waals surface area contributed by atoms with E-state index in [9.17, 15) is 19.8 Å². The number of ketones is 1. The number of alkyl halides is 1. The van der Waals surface area contributed by atoms with Gasteiger partial charge >= 0.3 is 5.97 Å². The van der Waals surface area contributed by atoms with Crippen LogP contribution in [-0.4, -0.2) is 105 Å². The minimum atomic E-state index is -0.791. The van der Waals surface area contributed by atoms with Crippen LogP contribution in [0.15, 0.2) is 0 Å². The number of halogens is 1. The second kappa shape index (κ2) is 17.9. The molecule has 0 radical (unpaired) electrons. The number of aliphatic hydroxyl groups excluding tert-OH is 2. The highest BCUT2D eigenvalue weighted by Gasteiger charge is 2.61. The Morgan fingerprint density at radius 3 is 1.72 bits per heavy atom. The molecule has 12 heteroatoms. The Balaban J connectivity index is 0.000000285. The summed E-state index contributed by atoms with van der Waals surface area (Å²) in [6.45, 7) is 26.8. The highest BCUT2D eigenvalue weighted by Crippen LogP contribution is 2.52. The second-order valence-corrected chi connectivity index (χ2v) is 17.0. The first kappa shape index (κ1) is 44.5. The van der Waals surface area contributed by atoms with Crippen molar-refractivity contribution in [3.8, 4) is 0 Å². The lowest BCUT2D eigenvalue weighted by atomic mass is 9.76. The lowest BCUT2D eigenvalue weighted by Gasteiger charge is -2.45. The van der Waals surface area contributed by atoms with Crippen LogP contribution in [0.3, 0.4) is 0 Å². The molecular weight excluding hydrogens is 708 g/mol. The lowest BCUT2D eigenvalue weighted by molar-refractivity contribution is -0.178. The molecule has 4 bridgehead atoms. The predicted molar refractivity (Wildman–Crippen MR) is 195 cm³/mol. The van der Waals surface area contributed by atoms with E-state index in [0.717, 1.165) is 51.4 Å². The number of aliphatic hydroxyl groups is 2. The molecule has 2 spiro atoms. The molecule has 0 amide bonds. The number of ether oxygens (including phenoxy) is 5. The van der Waals surface area contributed by atoms with Gasteiger partial charge in [-0.25, -0.2) is 13.1 Å². The molecule has 2 N–H and O–H groups in total. The molecule has 11 nitrogen and oxygen atoms in total. The Morgan fingerprint density at radius 2 is 1.28 bits per heavy atom. The smallest absolute Gasteiger partial charge is 0.303 e. The first-order chi connectivity index (χ1) is 22.4. The summed E-state index contributed by atoms with van der Waals surface area (Å²) in [6.07, 6.45) is 5.96. The minimum Gasteiger partial charge on any atom is -0.459 e. The van der Waals surface area contributed by atoms with E-state index in [4.69, 9.17) is 36.8 Å². The van der Waals surface area contributed by atoms with Crippen molar-refractivity contribution in [3.63, 3.8) is 0 Å². The zero-order valence-corrected chi connectivity index (χ0v) is 31.1. The van der Waals surface area contributed by atoms with Gasteiger partial charge in [-0.05, 0) is 39.0 Å². The molecule has 0 aromatic heterocycles. The van der Waals surface area contributed by atoms with Gasteiger partial charge in [-0.3, -0.25) is 9.59 Å². The summed E-state index contributed by atoms with van der Waals surface area (Å²) < 4.78 is 30.1. The maximum Gasteiger partial charge on any atom is 0.303 e. The summed E-state index contributed by atoms with van der Waals surface area (Å²) in [5.74, 6) is -0.0268. The van der Waals surface area contributed by atoms with E-state index in [2.05, 4.69) is 25.6 Å². The van der Waals surface area contributed by atoms with Gasteiger partial charge in [0.2, 0.25) is 12.1 Å². The standard InChI is InChI=1S/C16H22BrNO4.C14H21NO4.C6H12O.2CH4/c1-9(18-3)6-11-4-5-14-16(22-11)7-12(17)15(20-10(2)19)13(8-16)21-14;1-8(15-2)5-9-3-4-12-14(19-9)6-10(16)13(17)11(7-14)18-12;1-5(7)6(2,3)4;;/h9,11-15H,4-8H2,1-2H3;8-13,16-17H,3-7H2,1H3;1-4H3;2*1H4/t9-,11-,12+,13-,14+,15-,16+;8-,9-,10-,11-,12+,13-,14+;;;/m11.../s1. The number of nitrogens with zero attached hydrogens (tertiary/aromatic N) is 2. The topological polar surface area (TPSA) is 129 Å². The number of hydrogen-bond donors (Lipinski definition) is 2. The Hall–Kier alpha value is -1.64. The molecule has 2 saturated carbocycles. The predicted octanol–water partition coefficient (Wildman–Crippen LogP) is 6.64. The van der Waals surface area contributed by atoms with Gasteiger partial charge in [-0.2, -0.15) is 0 Å². The maximum atomic E-state index is 11.3. The van der Waals surface area contributed by atoms with E-state index < -0.39 is 17.8 Å². The number of hydrogen-bond acceptors (Lipinski definition) is 9. The van der Waals surface area contributed by atoms with Crippen LogP contribution in [0.25, 0.3) is 9.69 Å². The van der Waals surface area contributed by atoms with Crippen LogP contribution in [0, 0.1) is 18.6 Å². The molecule has 6 aliphatic rings. The number of fused-ring (bicyclic) bond motifs is 2. The van der Waals surface area contributed by atoms with Crippen molar-refractivity contribution in [3.05, 3.63) is 22.8 Å². The monoisotopic (exact) mass is 770 g/mol. The number of rotatable bonds is 5. The van der Waals surface area contributed by atoms with Gasteiger partial charge in [-0.1, -0.05) is 51.6 Å². The van der Waals surface area contributed by atoms with Gasteiger partial charge in [0.15, 0.2) is 0 Å². The zero-order valence-electron chi connectivity index (χ0n) is 29.5. The fourth-order valence-electron chi connectivity index (χ4n) is 7.94. The summed E-state index contributed by atoms with van der Waals surface area (Å²) in [4.78, 5) is 28.9. The highest BCUT2D eigenvalue weighted by atomic mass is 79.9. The summed E-state index contributed by atoms with van der Waals surface area (Å²) >= 11 is 3.66. The number of carbonyl (C=O) groups is 2. The van der Waals surface area contributed by atoms with Gasteiger partial charge in [0.25, 0.3) is 0 Å². The SMILES string of the molecule is C.C.CC(=O)C(C)(C)C.[C-]#[N+][C@H](C)C[C@H]1CC[C@@H]2O[C@@H]3C[C@]2(C[C@@H](O)[C@H]3O)O1.[C-]#[N+][C@H](C)C[C@H]1CC[C@@H]2O[C@@H]3C[C@]2(C[C@H](Br)[C@H]3OC(C)=O)O1. The van der Waals surface area contributed by atoms with Crippen LogP contribution < -0.4 is 0 Å².